The Morgan fingerprint density at radius 3 is 1.92 bits per heavy atom. The Hall–Kier alpha value is -7.64. The normalized spacial score (nSPS) is 10.5. The number of H-pyrrole nitrogens is 2. The molecule has 13 nitrogen and oxygen atoms in total. The summed E-state index contributed by atoms with van der Waals surface area (Å²) in [6, 6.07) is 32.8. The molecular weight excluding hydrogens is 650 g/mol. The minimum absolute atomic E-state index is 0.00530. The molecule has 6 rings (SSSR count). The van der Waals surface area contributed by atoms with Crippen LogP contribution in [0.2, 0.25) is 0 Å². The number of aromatic nitrogens is 4. The van der Waals surface area contributed by atoms with Crippen LogP contribution in [-0.4, -0.2) is 36.9 Å². The average molecular weight is 676 g/mol. The van der Waals surface area contributed by atoms with Gasteiger partial charge >= 0.3 is 5.97 Å². The third-order valence-corrected chi connectivity index (χ3v) is 7.68. The Balaban J connectivity index is 1.17. The summed E-state index contributed by atoms with van der Waals surface area (Å²) in [4.78, 5) is 63.0. The Morgan fingerprint density at radius 2 is 1.27 bits per heavy atom. The largest absolute Gasteiger partial charge is 0.481 e. The van der Waals surface area contributed by atoms with Crippen LogP contribution in [-0.2, 0) is 17.8 Å². The van der Waals surface area contributed by atoms with Crippen LogP contribution in [0.3, 0.4) is 0 Å². The molecule has 2 heterocycles. The maximum Gasteiger partial charge on any atom is 0.307 e. The van der Waals surface area contributed by atoms with Gasteiger partial charge in [-0.3, -0.25) is 34.5 Å². The molecule has 0 saturated heterocycles. The molecule has 0 aliphatic carbocycles. The molecule has 51 heavy (non-hydrogen) atoms. The molecule has 4 N–H and O–H groups in total. The van der Waals surface area contributed by atoms with Crippen LogP contribution in [0.4, 0.5) is 5.95 Å². The molecule has 0 fully saturated rings. The number of amides is 1. The standard InChI is InChI=1S/C38H25N7O6/c39-19-29-32(26-7-2-1-3-8-26)41-37(44-35(29)49)43-34(48)28-15-11-25(12-16-28)24-9-13-27(14-10-24)33-30(20-40)36(50)45-38(42-33)51-21-23-6-4-5-22(17-23)18-31(46)47/h1-17H,18,21H2,(H,46,47)(H,42,45,50)(H2,41,43,44,48,49). The number of anilines is 1. The lowest BCUT2D eigenvalue weighted by atomic mass is 10.0. The number of hydrogen-bond donors (Lipinski definition) is 4. The number of aromatic amines is 2. The first-order valence-corrected chi connectivity index (χ1v) is 15.3. The number of carbonyl (C=O) groups excluding carboxylic acids is 1. The Bertz CT molecular complexity index is 2480. The zero-order valence-electron chi connectivity index (χ0n) is 26.5. The van der Waals surface area contributed by atoms with Crippen molar-refractivity contribution in [2.24, 2.45) is 0 Å². The fourth-order valence-electron chi connectivity index (χ4n) is 5.24. The molecule has 4 aromatic carbocycles. The van der Waals surface area contributed by atoms with Gasteiger partial charge in [-0.05, 0) is 34.4 Å². The molecule has 0 unspecified atom stereocenters. The Morgan fingerprint density at radius 1 is 0.706 bits per heavy atom. The van der Waals surface area contributed by atoms with Crippen molar-refractivity contribution in [2.75, 3.05) is 5.32 Å². The molecule has 0 saturated carbocycles. The van der Waals surface area contributed by atoms with E-state index in [0.29, 0.717) is 22.3 Å². The number of ether oxygens (including phenoxy) is 1. The van der Waals surface area contributed by atoms with Gasteiger partial charge < -0.3 is 9.84 Å². The third-order valence-electron chi connectivity index (χ3n) is 7.68. The van der Waals surface area contributed by atoms with Gasteiger partial charge in [0.1, 0.15) is 29.9 Å². The van der Waals surface area contributed by atoms with E-state index >= 15 is 0 Å². The van der Waals surface area contributed by atoms with Crippen molar-refractivity contribution in [3.05, 3.63) is 152 Å². The summed E-state index contributed by atoms with van der Waals surface area (Å²) in [6.07, 6.45) is -0.143. The SMILES string of the molecule is N#Cc1c(-c2ccccc2)nc(NC(=O)c2ccc(-c3ccc(-c4nc(OCc5cccc(CC(=O)O)c5)[nH]c(=O)c4C#N)cc3)cc2)[nH]c1=O. The summed E-state index contributed by atoms with van der Waals surface area (Å²) in [7, 11) is 0. The highest BCUT2D eigenvalue weighted by Crippen LogP contribution is 2.27. The quantitative estimate of drug-likeness (QED) is 0.151. The summed E-state index contributed by atoms with van der Waals surface area (Å²) in [5.74, 6) is -1.59. The molecule has 0 aliphatic rings. The average Bonchev–Trinajstić information content (AvgIpc) is 3.14. The summed E-state index contributed by atoms with van der Waals surface area (Å²) in [5, 5.41) is 30.8. The van der Waals surface area contributed by atoms with E-state index in [1.54, 1.807) is 103 Å². The Labute approximate surface area is 289 Å². The molecule has 0 radical (unpaired) electrons. The first-order valence-electron chi connectivity index (χ1n) is 15.3. The van der Waals surface area contributed by atoms with Crippen molar-refractivity contribution in [1.29, 1.82) is 10.5 Å². The number of nitriles is 2. The number of carboxylic acid groups (broad SMARTS) is 1. The van der Waals surface area contributed by atoms with Gasteiger partial charge in [-0.25, -0.2) is 4.98 Å². The molecule has 248 valence electrons. The van der Waals surface area contributed by atoms with Crippen LogP contribution in [0.15, 0.2) is 113 Å². The van der Waals surface area contributed by atoms with Gasteiger partial charge in [0.25, 0.3) is 23.0 Å². The highest BCUT2D eigenvalue weighted by Gasteiger charge is 2.17. The van der Waals surface area contributed by atoms with E-state index in [1.165, 1.54) is 0 Å². The number of benzene rings is 4. The van der Waals surface area contributed by atoms with E-state index in [-0.39, 0.29) is 53.1 Å². The fourth-order valence-corrected chi connectivity index (χ4v) is 5.24. The summed E-state index contributed by atoms with van der Waals surface area (Å²) in [6.45, 7) is 0.00530. The lowest BCUT2D eigenvalue weighted by molar-refractivity contribution is -0.136. The minimum Gasteiger partial charge on any atom is -0.481 e. The molecule has 2 aromatic heterocycles. The van der Waals surface area contributed by atoms with Gasteiger partial charge in [0.05, 0.1) is 17.8 Å². The smallest absolute Gasteiger partial charge is 0.307 e. The molecule has 0 atom stereocenters. The number of hydrogen-bond acceptors (Lipinski definition) is 9. The Kier molecular flexibility index (Phi) is 9.55. The van der Waals surface area contributed by atoms with Gasteiger partial charge in [-0.2, -0.15) is 15.5 Å². The van der Waals surface area contributed by atoms with Crippen molar-refractivity contribution in [2.45, 2.75) is 13.0 Å². The van der Waals surface area contributed by atoms with Crippen molar-refractivity contribution >= 4 is 17.8 Å². The van der Waals surface area contributed by atoms with E-state index in [4.69, 9.17) is 9.84 Å². The maximum atomic E-state index is 13.0. The van der Waals surface area contributed by atoms with Crippen LogP contribution < -0.4 is 21.2 Å². The van der Waals surface area contributed by atoms with Crippen LogP contribution in [0.25, 0.3) is 33.6 Å². The predicted octanol–water partition coefficient (Wildman–Crippen LogP) is 5.06. The van der Waals surface area contributed by atoms with Crippen molar-refractivity contribution in [3.8, 4) is 51.8 Å². The molecule has 6 aromatic rings. The number of aliphatic carboxylic acids is 1. The summed E-state index contributed by atoms with van der Waals surface area (Å²) < 4.78 is 5.71. The maximum absolute atomic E-state index is 13.0. The van der Waals surface area contributed by atoms with E-state index in [0.717, 1.165) is 11.1 Å². The number of carbonyl (C=O) groups is 2. The van der Waals surface area contributed by atoms with Gasteiger partial charge in [0.15, 0.2) is 0 Å². The first kappa shape index (κ1) is 33.3. The first-order chi connectivity index (χ1) is 24.7. The zero-order chi connectivity index (χ0) is 35.9. The van der Waals surface area contributed by atoms with Gasteiger partial charge in [-0.1, -0.05) is 91.0 Å². The fraction of sp³-hybridized carbons (Fsp3) is 0.0526. The van der Waals surface area contributed by atoms with Gasteiger partial charge in [0, 0.05) is 16.7 Å². The van der Waals surface area contributed by atoms with Crippen LogP contribution in [0, 0.1) is 22.7 Å². The van der Waals surface area contributed by atoms with Gasteiger partial charge in [-0.15, -0.1) is 0 Å². The second-order valence-electron chi connectivity index (χ2n) is 11.1. The minimum atomic E-state index is -0.961. The molecular formula is C38H25N7O6. The van der Waals surface area contributed by atoms with Crippen molar-refractivity contribution in [1.82, 2.24) is 19.9 Å². The predicted molar refractivity (Wildman–Crippen MR) is 186 cm³/mol. The summed E-state index contributed by atoms with van der Waals surface area (Å²) in [5.41, 5.74) is 2.70. The molecule has 1 amide bonds. The van der Waals surface area contributed by atoms with Crippen molar-refractivity contribution < 1.29 is 19.4 Å². The van der Waals surface area contributed by atoms with E-state index < -0.39 is 23.0 Å². The van der Waals surface area contributed by atoms with Gasteiger partial charge in [0.2, 0.25) is 5.95 Å². The molecule has 0 aliphatic heterocycles. The van der Waals surface area contributed by atoms with Crippen LogP contribution in [0.1, 0.15) is 32.6 Å². The van der Waals surface area contributed by atoms with Crippen LogP contribution in [0.5, 0.6) is 6.01 Å². The highest BCUT2D eigenvalue weighted by molar-refractivity contribution is 6.03. The topological polar surface area (TPSA) is 215 Å². The zero-order valence-corrected chi connectivity index (χ0v) is 26.5. The second kappa shape index (κ2) is 14.6. The monoisotopic (exact) mass is 675 g/mol. The lowest BCUT2D eigenvalue weighted by Crippen LogP contribution is -2.21. The molecule has 13 heteroatoms. The van der Waals surface area contributed by atoms with E-state index in [9.17, 15) is 29.7 Å². The molecule has 0 spiro atoms. The van der Waals surface area contributed by atoms with Crippen molar-refractivity contribution in [3.63, 3.8) is 0 Å². The van der Waals surface area contributed by atoms with E-state index in [1.807, 2.05) is 12.1 Å². The lowest BCUT2D eigenvalue weighted by Gasteiger charge is -2.10. The molecule has 0 bridgehead atoms. The second-order valence-corrected chi connectivity index (χ2v) is 11.1. The number of nitrogens with zero attached hydrogens (tertiary/aromatic N) is 4. The van der Waals surface area contributed by atoms with E-state index in [2.05, 4.69) is 25.3 Å². The highest BCUT2D eigenvalue weighted by atomic mass is 16.5. The third kappa shape index (κ3) is 7.59. The number of carboxylic acids is 1. The number of nitrogens with one attached hydrogen (secondary N) is 3. The number of rotatable bonds is 10. The van der Waals surface area contributed by atoms with Crippen LogP contribution >= 0.6 is 0 Å². The summed E-state index contributed by atoms with van der Waals surface area (Å²) >= 11 is 0.